The molecular weight excluding hydrogens is 458 g/mol. The molecule has 1 aliphatic rings. The maximum absolute atomic E-state index is 11.4. The highest BCUT2D eigenvalue weighted by atomic mass is 16.4. The molecule has 5 N–H and O–H groups in total. The third kappa shape index (κ3) is 4.33. The zero-order valence-corrected chi connectivity index (χ0v) is 20.0. The van der Waals surface area contributed by atoms with Gasteiger partial charge in [0.15, 0.2) is 0 Å². The summed E-state index contributed by atoms with van der Waals surface area (Å²) in [5.41, 5.74) is 3.55. The van der Waals surface area contributed by atoms with Gasteiger partial charge in [-0.25, -0.2) is 4.79 Å². The number of rotatable bonds is 9. The normalized spacial score (nSPS) is 14.3. The molecule has 0 radical (unpaired) electrons. The number of hydrogen-bond donors (Lipinski definition) is 5. The number of aliphatic hydroxyl groups is 1. The highest BCUT2D eigenvalue weighted by molar-refractivity contribution is 6.06. The van der Waals surface area contributed by atoms with Crippen LogP contribution in [0.2, 0.25) is 0 Å². The van der Waals surface area contributed by atoms with Gasteiger partial charge in [0, 0.05) is 24.2 Å². The van der Waals surface area contributed by atoms with Gasteiger partial charge >= 0.3 is 6.09 Å². The number of nitrogens with zero attached hydrogens (tertiary/aromatic N) is 2. The van der Waals surface area contributed by atoms with E-state index in [-0.39, 0.29) is 6.61 Å². The summed E-state index contributed by atoms with van der Waals surface area (Å²) >= 11 is 0. The summed E-state index contributed by atoms with van der Waals surface area (Å²) in [5.74, 6) is 1.67. The van der Waals surface area contributed by atoms with E-state index in [2.05, 4.69) is 25.9 Å². The van der Waals surface area contributed by atoms with E-state index in [0.717, 1.165) is 46.9 Å². The first kappa shape index (κ1) is 23.6. The van der Waals surface area contributed by atoms with Gasteiger partial charge in [0.05, 0.1) is 17.5 Å². The maximum atomic E-state index is 11.4. The number of furan rings is 1. The fraction of sp³-hybridized carbons (Fsp3) is 0.296. The minimum atomic E-state index is -1.01. The fourth-order valence-corrected chi connectivity index (χ4v) is 4.79. The van der Waals surface area contributed by atoms with E-state index in [9.17, 15) is 15.0 Å². The summed E-state index contributed by atoms with van der Waals surface area (Å²) in [6.45, 7) is 2.94. The van der Waals surface area contributed by atoms with Crippen molar-refractivity contribution in [1.82, 2.24) is 15.3 Å². The van der Waals surface area contributed by atoms with Crippen LogP contribution in [-0.2, 0) is 5.54 Å². The minimum absolute atomic E-state index is 0.0405. The summed E-state index contributed by atoms with van der Waals surface area (Å²) in [4.78, 5) is 20.6. The maximum Gasteiger partial charge on any atom is 0.405 e. The molecule has 5 rings (SSSR count). The Bertz CT molecular complexity index is 1360. The first-order chi connectivity index (χ1) is 17.5. The van der Waals surface area contributed by atoms with Crippen LogP contribution >= 0.6 is 0 Å². The number of aromatic nitrogens is 2. The Morgan fingerprint density at radius 2 is 1.78 bits per heavy atom. The predicted octanol–water partition coefficient (Wildman–Crippen LogP) is 5.04. The van der Waals surface area contributed by atoms with E-state index in [1.165, 1.54) is 0 Å². The van der Waals surface area contributed by atoms with E-state index in [1.807, 2.05) is 61.5 Å². The summed E-state index contributed by atoms with van der Waals surface area (Å²) < 4.78 is 6.37. The molecule has 2 heterocycles. The molecule has 0 unspecified atom stereocenters. The van der Waals surface area contributed by atoms with Crippen molar-refractivity contribution in [3.63, 3.8) is 0 Å². The van der Waals surface area contributed by atoms with Crippen LogP contribution in [0, 0.1) is 0 Å². The molecule has 9 heteroatoms. The Labute approximate surface area is 208 Å². The second-order valence-corrected chi connectivity index (χ2v) is 8.87. The molecule has 2 aromatic heterocycles. The Balaban J connectivity index is 1.65. The molecule has 36 heavy (non-hydrogen) atoms. The van der Waals surface area contributed by atoms with Gasteiger partial charge in [-0.1, -0.05) is 54.6 Å². The van der Waals surface area contributed by atoms with Gasteiger partial charge in [-0.15, -0.1) is 0 Å². The van der Waals surface area contributed by atoms with Crippen LogP contribution in [0.5, 0.6) is 0 Å². The zero-order valence-electron chi connectivity index (χ0n) is 20.0. The lowest BCUT2D eigenvalue weighted by Crippen LogP contribution is -2.50. The van der Waals surface area contributed by atoms with Crippen molar-refractivity contribution in [2.75, 3.05) is 30.3 Å². The van der Waals surface area contributed by atoms with Crippen LogP contribution in [-0.4, -0.2) is 46.0 Å². The highest BCUT2D eigenvalue weighted by Crippen LogP contribution is 2.45. The van der Waals surface area contributed by atoms with Gasteiger partial charge in [-0.05, 0) is 37.3 Å². The third-order valence-corrected chi connectivity index (χ3v) is 6.61. The molecule has 1 fully saturated rings. The molecular formula is C27H29N5O4. The Kier molecular flexibility index (Phi) is 6.47. The van der Waals surface area contributed by atoms with Crippen molar-refractivity contribution < 1.29 is 19.4 Å². The average Bonchev–Trinajstić information content (AvgIpc) is 3.25. The number of hydrogen-bond acceptors (Lipinski definition) is 7. The zero-order chi connectivity index (χ0) is 25.1. The second kappa shape index (κ2) is 9.87. The number of amides is 1. The number of fused-ring (bicyclic) bond motifs is 1. The largest absolute Gasteiger partial charge is 0.465 e. The van der Waals surface area contributed by atoms with Gasteiger partial charge in [0.2, 0.25) is 11.7 Å². The van der Waals surface area contributed by atoms with Gasteiger partial charge in [0.25, 0.3) is 0 Å². The van der Waals surface area contributed by atoms with Crippen LogP contribution in [0.3, 0.4) is 0 Å². The lowest BCUT2D eigenvalue weighted by Gasteiger charge is -2.42. The van der Waals surface area contributed by atoms with Crippen molar-refractivity contribution in [2.45, 2.75) is 31.7 Å². The van der Waals surface area contributed by atoms with Crippen molar-refractivity contribution in [3.8, 4) is 22.5 Å². The monoisotopic (exact) mass is 487 g/mol. The molecule has 1 saturated carbocycles. The Morgan fingerprint density at radius 3 is 2.39 bits per heavy atom. The van der Waals surface area contributed by atoms with Crippen LogP contribution in [0.15, 0.2) is 59.0 Å². The third-order valence-electron chi connectivity index (χ3n) is 6.61. The number of aliphatic hydroxyl groups excluding tert-OH is 1. The molecule has 1 aliphatic carbocycles. The SMILES string of the molecule is CCNc1nc(NCCO)nc2oc(-c3ccc(C4(NC(=O)O)CCC4)cc3)c(-c3ccccc3)c12. The van der Waals surface area contributed by atoms with Crippen LogP contribution in [0.25, 0.3) is 33.6 Å². The predicted molar refractivity (Wildman–Crippen MR) is 139 cm³/mol. The molecule has 9 nitrogen and oxygen atoms in total. The van der Waals surface area contributed by atoms with Crippen LogP contribution in [0.4, 0.5) is 16.6 Å². The first-order valence-electron chi connectivity index (χ1n) is 12.2. The second-order valence-electron chi connectivity index (χ2n) is 8.87. The van der Waals surface area contributed by atoms with Gasteiger partial charge in [0.1, 0.15) is 11.6 Å². The summed E-state index contributed by atoms with van der Waals surface area (Å²) in [7, 11) is 0. The molecule has 1 amide bonds. The molecule has 186 valence electrons. The van der Waals surface area contributed by atoms with Crippen LogP contribution in [0.1, 0.15) is 31.7 Å². The number of carbonyl (C=O) groups is 1. The molecule has 4 aromatic rings. The van der Waals surface area contributed by atoms with E-state index in [0.29, 0.717) is 36.3 Å². The lowest BCUT2D eigenvalue weighted by atomic mass is 9.72. The quantitative estimate of drug-likeness (QED) is 0.222. The molecule has 0 atom stereocenters. The minimum Gasteiger partial charge on any atom is -0.465 e. The van der Waals surface area contributed by atoms with E-state index in [1.54, 1.807) is 0 Å². The number of nitrogens with one attached hydrogen (secondary N) is 3. The highest BCUT2D eigenvalue weighted by Gasteiger charge is 2.40. The number of benzene rings is 2. The van der Waals surface area contributed by atoms with E-state index in [4.69, 9.17) is 4.42 Å². The Morgan fingerprint density at radius 1 is 1.03 bits per heavy atom. The average molecular weight is 488 g/mol. The molecule has 0 aliphatic heterocycles. The van der Waals surface area contributed by atoms with Crippen molar-refractivity contribution in [2.24, 2.45) is 0 Å². The fourth-order valence-electron chi connectivity index (χ4n) is 4.79. The summed E-state index contributed by atoms with van der Waals surface area (Å²) in [5, 5.41) is 28.4. The number of carboxylic acid groups (broad SMARTS) is 1. The summed E-state index contributed by atoms with van der Waals surface area (Å²) in [6.07, 6.45) is 1.54. The van der Waals surface area contributed by atoms with Crippen molar-refractivity contribution in [3.05, 3.63) is 60.2 Å². The van der Waals surface area contributed by atoms with Gasteiger partial charge in [-0.2, -0.15) is 9.97 Å². The smallest absolute Gasteiger partial charge is 0.405 e. The van der Waals surface area contributed by atoms with E-state index >= 15 is 0 Å². The molecule has 0 bridgehead atoms. The lowest BCUT2D eigenvalue weighted by molar-refractivity contribution is 0.144. The van der Waals surface area contributed by atoms with Gasteiger partial charge < -0.3 is 30.6 Å². The summed E-state index contributed by atoms with van der Waals surface area (Å²) in [6, 6.07) is 17.8. The van der Waals surface area contributed by atoms with Crippen molar-refractivity contribution >= 4 is 29.0 Å². The van der Waals surface area contributed by atoms with Crippen LogP contribution < -0.4 is 16.0 Å². The first-order valence-corrected chi connectivity index (χ1v) is 12.2. The number of anilines is 2. The molecule has 0 spiro atoms. The van der Waals surface area contributed by atoms with Gasteiger partial charge in [-0.3, -0.25) is 0 Å². The molecule has 2 aromatic carbocycles. The Hall–Kier alpha value is -4.11. The molecule has 0 saturated heterocycles. The standard InChI is InChI=1S/C27H29N5O4/c1-2-28-23-21-20(17-7-4-3-5-8-17)22(36-24(21)31-25(30-23)29-15-16-33)18-9-11-19(12-10-18)27(13-6-14-27)32-26(34)35/h3-5,7-12,32-33H,2,6,13-16H2,1H3,(H,34,35)(H2,28,29,30,31). The topological polar surface area (TPSA) is 133 Å². The van der Waals surface area contributed by atoms with E-state index < -0.39 is 11.6 Å². The van der Waals surface area contributed by atoms with Crippen molar-refractivity contribution in [1.29, 1.82) is 0 Å².